The Hall–Kier alpha value is 1.89. The quantitative estimate of drug-likeness (QED) is 0.370. The van der Waals surface area contributed by atoms with Gasteiger partial charge in [-0.05, 0) is 0 Å². The first-order valence-electron chi connectivity index (χ1n) is 0.651. The molecule has 0 aromatic heterocycles. The molecule has 3 nitrogen and oxygen atoms in total. The summed E-state index contributed by atoms with van der Waals surface area (Å²) in [4.78, 5) is 8.56. The molecule has 0 rings (SSSR count). The van der Waals surface area contributed by atoms with E-state index in [4.69, 9.17) is 15.0 Å². The van der Waals surface area contributed by atoms with Crippen molar-refractivity contribution in [2.45, 2.75) is 0 Å². The average molecular weight is 259 g/mol. The molecule has 0 aliphatic rings. The minimum Gasteiger partial charge on any atom is -1.00 e. The van der Waals surface area contributed by atoms with Gasteiger partial charge in [0.15, 0.2) is 0 Å². The van der Waals surface area contributed by atoms with Gasteiger partial charge >= 0.3 is 35.7 Å². The van der Waals surface area contributed by atoms with Crippen LogP contribution in [0.3, 0.4) is 0 Å². The summed E-state index contributed by atoms with van der Waals surface area (Å²) in [7, 11) is 0. The number of hydrogen-bond donors (Lipinski definition) is 2. The third-order valence-electron chi connectivity index (χ3n) is 0. The van der Waals surface area contributed by atoms with E-state index in [1.54, 1.807) is 0 Å². The predicted octanol–water partition coefficient (Wildman–Crippen LogP) is -2.60. The van der Waals surface area contributed by atoms with E-state index in [1.807, 2.05) is 0 Å². The Morgan fingerprint density at radius 2 is 1.43 bits per heavy atom. The Morgan fingerprint density at radius 3 is 1.43 bits per heavy atom. The standard InChI is InChI=1S/CH2O3.La.Na.H3P.H/c2-1(3)4;;;;/h(H2,2,3,4);;;1H3;/q;;+1;;-1. The summed E-state index contributed by atoms with van der Waals surface area (Å²) in [6, 6.07) is 0. The smallest absolute Gasteiger partial charge is 1.00 e. The number of carbonyl (C=O) groups is 1. The minimum absolute atomic E-state index is 0. The SMILES string of the molecule is O=C(O)O.P.[H-].[La].[Na+]. The van der Waals surface area contributed by atoms with Crippen LogP contribution in [0.4, 0.5) is 4.79 Å². The van der Waals surface area contributed by atoms with E-state index in [9.17, 15) is 0 Å². The molecule has 1 radical (unpaired) electrons. The van der Waals surface area contributed by atoms with Crippen molar-refractivity contribution in [3.05, 3.63) is 0 Å². The number of hydrogen-bond acceptors (Lipinski definition) is 1. The predicted molar refractivity (Wildman–Crippen MR) is 22.9 cm³/mol. The Labute approximate surface area is 96.2 Å². The fraction of sp³-hybridized carbons (Fsp3) is 0. The first-order chi connectivity index (χ1) is 1.73. The molecular weight excluding hydrogens is 253 g/mol. The maximum Gasteiger partial charge on any atom is 1.00 e. The van der Waals surface area contributed by atoms with Crippen molar-refractivity contribution in [3.63, 3.8) is 0 Å². The van der Waals surface area contributed by atoms with Gasteiger partial charge in [-0.15, -0.1) is 0 Å². The average Bonchev–Trinajstić information content (AvgIpc) is 0.811. The van der Waals surface area contributed by atoms with E-state index in [2.05, 4.69) is 0 Å². The number of rotatable bonds is 0. The first-order valence-corrected chi connectivity index (χ1v) is 0.651. The maximum atomic E-state index is 8.56. The molecule has 0 saturated heterocycles. The summed E-state index contributed by atoms with van der Waals surface area (Å²) in [6.07, 6.45) is -1.83. The first kappa shape index (κ1) is 23.1. The zero-order valence-electron chi connectivity index (χ0n) is 5.09. The van der Waals surface area contributed by atoms with Gasteiger partial charge in [-0.1, -0.05) is 0 Å². The van der Waals surface area contributed by atoms with Gasteiger partial charge in [0.1, 0.15) is 0 Å². The third kappa shape index (κ3) is 76.4. The van der Waals surface area contributed by atoms with Crippen LogP contribution in [0.1, 0.15) is 1.43 Å². The van der Waals surface area contributed by atoms with Crippen LogP contribution >= 0.6 is 9.90 Å². The zero-order valence-corrected chi connectivity index (χ0v) is 11.1. The van der Waals surface area contributed by atoms with Crippen molar-refractivity contribution in [1.82, 2.24) is 0 Å². The summed E-state index contributed by atoms with van der Waals surface area (Å²) >= 11 is 0. The molecule has 0 fully saturated rings. The zero-order chi connectivity index (χ0) is 3.58. The Kier molecular flexibility index (Phi) is 51.8. The molecule has 0 aliphatic heterocycles. The second-order valence-electron chi connectivity index (χ2n) is 0.283. The second-order valence-corrected chi connectivity index (χ2v) is 0.283. The molecule has 0 heterocycles. The van der Waals surface area contributed by atoms with E-state index in [-0.39, 0.29) is 76.5 Å². The van der Waals surface area contributed by atoms with Gasteiger partial charge in [-0.2, -0.15) is 9.90 Å². The van der Waals surface area contributed by atoms with Gasteiger partial charge in [-0.25, -0.2) is 4.79 Å². The molecule has 0 aromatic carbocycles. The van der Waals surface area contributed by atoms with Crippen LogP contribution in [0, 0.1) is 35.6 Å². The molecule has 0 spiro atoms. The van der Waals surface area contributed by atoms with Crippen LogP contribution in [0.15, 0.2) is 0 Å². The van der Waals surface area contributed by atoms with E-state index in [0.29, 0.717) is 0 Å². The van der Waals surface area contributed by atoms with E-state index < -0.39 is 6.16 Å². The van der Waals surface area contributed by atoms with Gasteiger partial charge in [0.2, 0.25) is 0 Å². The van der Waals surface area contributed by atoms with Crippen molar-refractivity contribution in [3.8, 4) is 0 Å². The molecular formula is CH6LaNaO3P. The van der Waals surface area contributed by atoms with Crippen molar-refractivity contribution in [1.29, 1.82) is 0 Å². The normalized spacial score (nSPS) is 3.43. The van der Waals surface area contributed by atoms with Crippen LogP contribution < -0.4 is 29.6 Å². The number of carboxylic acid groups (broad SMARTS) is 2. The molecule has 1 unspecified atom stereocenters. The molecule has 6 heteroatoms. The van der Waals surface area contributed by atoms with Crippen LogP contribution in [-0.2, 0) is 0 Å². The maximum absolute atomic E-state index is 8.56. The van der Waals surface area contributed by atoms with Gasteiger partial charge in [0.25, 0.3) is 0 Å². The monoisotopic (exact) mass is 259 g/mol. The van der Waals surface area contributed by atoms with Crippen molar-refractivity contribution < 1.29 is 81.6 Å². The van der Waals surface area contributed by atoms with Crippen LogP contribution in [0.2, 0.25) is 0 Å². The molecule has 0 aliphatic carbocycles. The molecule has 0 saturated carbocycles. The molecule has 0 bridgehead atoms. The van der Waals surface area contributed by atoms with E-state index >= 15 is 0 Å². The van der Waals surface area contributed by atoms with Gasteiger partial charge in [-0.3, -0.25) is 0 Å². The van der Waals surface area contributed by atoms with Crippen molar-refractivity contribution in [2.75, 3.05) is 0 Å². The Morgan fingerprint density at radius 1 is 1.43 bits per heavy atom. The third-order valence-corrected chi connectivity index (χ3v) is 0. The van der Waals surface area contributed by atoms with Crippen molar-refractivity contribution >= 4 is 16.1 Å². The topological polar surface area (TPSA) is 57.5 Å². The summed E-state index contributed by atoms with van der Waals surface area (Å²) in [5, 5.41) is 13.9. The molecule has 0 aromatic rings. The molecule has 7 heavy (non-hydrogen) atoms. The summed E-state index contributed by atoms with van der Waals surface area (Å²) in [5.74, 6) is 0. The summed E-state index contributed by atoms with van der Waals surface area (Å²) < 4.78 is 0. The van der Waals surface area contributed by atoms with Gasteiger partial charge in [0.05, 0.1) is 0 Å². The Balaban J connectivity index is -0.00000000750. The van der Waals surface area contributed by atoms with Crippen LogP contribution in [-0.4, -0.2) is 16.4 Å². The van der Waals surface area contributed by atoms with Crippen LogP contribution in [0.25, 0.3) is 0 Å². The molecule has 1 atom stereocenters. The minimum atomic E-state index is -1.83. The molecule has 2 N–H and O–H groups in total. The largest absolute Gasteiger partial charge is 1.00 e. The Bertz CT molecular complexity index is 42.3. The van der Waals surface area contributed by atoms with E-state index in [1.165, 1.54) is 0 Å². The van der Waals surface area contributed by atoms with Crippen molar-refractivity contribution in [2.24, 2.45) is 0 Å². The summed E-state index contributed by atoms with van der Waals surface area (Å²) in [6.45, 7) is 0. The van der Waals surface area contributed by atoms with Gasteiger partial charge in [0, 0.05) is 35.6 Å². The van der Waals surface area contributed by atoms with Gasteiger partial charge < -0.3 is 11.6 Å². The van der Waals surface area contributed by atoms with Crippen LogP contribution in [0.5, 0.6) is 0 Å². The summed E-state index contributed by atoms with van der Waals surface area (Å²) in [5.41, 5.74) is 0. The molecule has 37 valence electrons. The molecule has 0 amide bonds. The second kappa shape index (κ2) is 15.7. The van der Waals surface area contributed by atoms with E-state index in [0.717, 1.165) is 0 Å². The fourth-order valence-electron chi connectivity index (χ4n) is 0. The fourth-order valence-corrected chi connectivity index (χ4v) is 0.